The summed E-state index contributed by atoms with van der Waals surface area (Å²) in [5, 5.41) is 2.89. The molecule has 0 fully saturated rings. The molecule has 0 saturated carbocycles. The number of para-hydroxylation sites is 1. The van der Waals surface area contributed by atoms with Crippen LogP contribution in [0.3, 0.4) is 0 Å². The van der Waals surface area contributed by atoms with Crippen molar-refractivity contribution in [2.75, 3.05) is 24.8 Å². The van der Waals surface area contributed by atoms with Gasteiger partial charge >= 0.3 is 0 Å². The van der Waals surface area contributed by atoms with Gasteiger partial charge in [-0.2, -0.15) is 0 Å². The number of sulfonamides is 1. The predicted molar refractivity (Wildman–Crippen MR) is 136 cm³/mol. The molecule has 0 aliphatic carbocycles. The van der Waals surface area contributed by atoms with Crippen molar-refractivity contribution in [3.8, 4) is 23.0 Å². The van der Waals surface area contributed by atoms with Gasteiger partial charge in [-0.15, -0.1) is 0 Å². The van der Waals surface area contributed by atoms with E-state index in [1.807, 2.05) is 43.3 Å². The molecule has 0 aliphatic heterocycles. The van der Waals surface area contributed by atoms with Gasteiger partial charge in [-0.3, -0.25) is 9.10 Å². The molecule has 1 amide bonds. The summed E-state index contributed by atoms with van der Waals surface area (Å²) in [6.07, 6.45) is 1.07. The van der Waals surface area contributed by atoms with Crippen LogP contribution in [-0.2, 0) is 14.8 Å². The van der Waals surface area contributed by atoms with Gasteiger partial charge in [0.25, 0.3) is 0 Å². The summed E-state index contributed by atoms with van der Waals surface area (Å²) in [5.74, 6) is 1.88. The average Bonchev–Trinajstić information content (AvgIpc) is 2.84. The summed E-state index contributed by atoms with van der Waals surface area (Å²) in [5.41, 5.74) is 1.14. The molecule has 0 aromatic heterocycles. The quantitative estimate of drug-likeness (QED) is 0.441. The summed E-state index contributed by atoms with van der Waals surface area (Å²) in [6.45, 7) is 3.36. The van der Waals surface area contributed by atoms with Crippen LogP contribution in [0.2, 0.25) is 0 Å². The average molecular weight is 499 g/mol. The van der Waals surface area contributed by atoms with E-state index in [1.165, 1.54) is 7.11 Å². The maximum absolute atomic E-state index is 13.1. The Morgan fingerprint density at radius 1 is 0.857 bits per heavy atom. The normalized spacial score (nSPS) is 12.8. The smallest absolute Gasteiger partial charge is 0.244 e. The van der Waals surface area contributed by atoms with Crippen molar-refractivity contribution >= 4 is 21.6 Å². The number of ether oxygens (including phenoxy) is 3. The van der Waals surface area contributed by atoms with Gasteiger partial charge in [0.2, 0.25) is 15.9 Å². The first-order chi connectivity index (χ1) is 16.6. The van der Waals surface area contributed by atoms with Gasteiger partial charge in [-0.25, -0.2) is 8.42 Å². The van der Waals surface area contributed by atoms with Crippen LogP contribution < -0.4 is 23.8 Å². The van der Waals surface area contributed by atoms with Crippen molar-refractivity contribution in [1.29, 1.82) is 0 Å². The maximum Gasteiger partial charge on any atom is 0.244 e. The lowest BCUT2D eigenvalue weighted by Gasteiger charge is -2.29. The van der Waals surface area contributed by atoms with Crippen LogP contribution in [0.5, 0.6) is 23.0 Å². The molecule has 0 unspecified atom stereocenters. The van der Waals surface area contributed by atoms with Crippen LogP contribution in [0.25, 0.3) is 0 Å². The van der Waals surface area contributed by atoms with Crippen molar-refractivity contribution in [3.05, 3.63) is 78.4 Å². The minimum Gasteiger partial charge on any atom is -0.493 e. The van der Waals surface area contributed by atoms with Crippen molar-refractivity contribution in [3.63, 3.8) is 0 Å². The van der Waals surface area contributed by atoms with Crippen LogP contribution in [0.15, 0.2) is 72.8 Å². The SMILES string of the molecule is COc1ccc([C@@H](C)NC(=O)[C@H](C)N(c2ccc(Oc3ccccc3)cc2)S(C)(=O)=O)cc1OC. The highest BCUT2D eigenvalue weighted by molar-refractivity contribution is 7.92. The molecule has 8 nitrogen and oxygen atoms in total. The monoisotopic (exact) mass is 498 g/mol. The first-order valence-electron chi connectivity index (χ1n) is 11.0. The van der Waals surface area contributed by atoms with Gasteiger partial charge in [0.1, 0.15) is 17.5 Å². The lowest BCUT2D eigenvalue weighted by atomic mass is 10.1. The van der Waals surface area contributed by atoms with Crippen LogP contribution in [0.4, 0.5) is 5.69 Å². The molecule has 0 heterocycles. The first kappa shape index (κ1) is 25.9. The molecule has 9 heteroatoms. The molecule has 0 spiro atoms. The molecule has 0 saturated heterocycles. The number of hydrogen-bond acceptors (Lipinski definition) is 6. The van der Waals surface area contributed by atoms with Crippen LogP contribution in [0.1, 0.15) is 25.5 Å². The van der Waals surface area contributed by atoms with Crippen molar-refractivity contribution in [2.24, 2.45) is 0 Å². The summed E-state index contributed by atoms with van der Waals surface area (Å²) >= 11 is 0. The molecule has 3 rings (SSSR count). The number of carbonyl (C=O) groups excluding carboxylic acids is 1. The number of nitrogens with one attached hydrogen (secondary N) is 1. The largest absolute Gasteiger partial charge is 0.493 e. The molecule has 3 aromatic rings. The highest BCUT2D eigenvalue weighted by atomic mass is 32.2. The Kier molecular flexibility index (Phi) is 8.24. The lowest BCUT2D eigenvalue weighted by Crippen LogP contribution is -2.48. The van der Waals surface area contributed by atoms with Gasteiger partial charge in [-0.05, 0) is 67.9 Å². The number of carbonyl (C=O) groups is 1. The zero-order valence-corrected chi connectivity index (χ0v) is 21.2. The molecule has 2 atom stereocenters. The van der Waals surface area contributed by atoms with Crippen LogP contribution in [-0.4, -0.2) is 40.8 Å². The molecule has 0 aliphatic rings. The van der Waals surface area contributed by atoms with E-state index < -0.39 is 28.0 Å². The van der Waals surface area contributed by atoms with Crippen LogP contribution >= 0.6 is 0 Å². The second-order valence-electron chi connectivity index (χ2n) is 7.99. The molecular weight excluding hydrogens is 468 g/mol. The van der Waals surface area contributed by atoms with E-state index in [0.29, 0.717) is 28.7 Å². The summed E-state index contributed by atoms with van der Waals surface area (Å²) in [6, 6.07) is 19.8. The third-order valence-corrected chi connectivity index (χ3v) is 6.67. The van der Waals surface area contributed by atoms with Gasteiger partial charge in [-0.1, -0.05) is 24.3 Å². The summed E-state index contributed by atoms with van der Waals surface area (Å²) in [7, 11) is -0.678. The van der Waals surface area contributed by atoms with E-state index >= 15 is 0 Å². The number of rotatable bonds is 10. The second-order valence-corrected chi connectivity index (χ2v) is 9.85. The molecule has 186 valence electrons. The Bertz CT molecular complexity index is 1250. The lowest BCUT2D eigenvalue weighted by molar-refractivity contribution is -0.122. The number of methoxy groups -OCH3 is 2. The number of nitrogens with zero attached hydrogens (tertiary/aromatic N) is 1. The van der Waals surface area contributed by atoms with Crippen molar-refractivity contribution in [1.82, 2.24) is 5.32 Å². The Hall–Kier alpha value is -3.72. The minimum atomic E-state index is -3.76. The minimum absolute atomic E-state index is 0.356. The Morgan fingerprint density at radius 3 is 2.03 bits per heavy atom. The highest BCUT2D eigenvalue weighted by Gasteiger charge is 2.30. The Balaban J connectivity index is 1.77. The number of anilines is 1. The van der Waals surface area contributed by atoms with E-state index in [4.69, 9.17) is 14.2 Å². The third-order valence-electron chi connectivity index (χ3n) is 5.42. The zero-order chi connectivity index (χ0) is 25.6. The van der Waals surface area contributed by atoms with Crippen molar-refractivity contribution in [2.45, 2.75) is 25.9 Å². The molecule has 1 N–H and O–H groups in total. The standard InChI is InChI=1S/C26H30N2O6S/c1-18(20-11-16-24(32-3)25(17-20)33-4)27-26(29)19(2)28(35(5,30)31)21-12-14-23(15-13-21)34-22-9-7-6-8-10-22/h6-19H,1-5H3,(H,27,29)/t18-,19+/m1/s1. The van der Waals surface area contributed by atoms with Gasteiger partial charge < -0.3 is 19.5 Å². The molecule has 35 heavy (non-hydrogen) atoms. The summed E-state index contributed by atoms with van der Waals surface area (Å²) < 4.78 is 42.8. The topological polar surface area (TPSA) is 94.2 Å². The fourth-order valence-corrected chi connectivity index (χ4v) is 4.81. The van der Waals surface area contributed by atoms with Gasteiger partial charge in [0.05, 0.1) is 32.2 Å². The van der Waals surface area contributed by atoms with Crippen LogP contribution in [0, 0.1) is 0 Å². The van der Waals surface area contributed by atoms with E-state index in [1.54, 1.807) is 50.4 Å². The van der Waals surface area contributed by atoms with E-state index in [9.17, 15) is 13.2 Å². The maximum atomic E-state index is 13.1. The van der Waals surface area contributed by atoms with E-state index in [0.717, 1.165) is 16.1 Å². The van der Waals surface area contributed by atoms with E-state index in [-0.39, 0.29) is 0 Å². The fraction of sp³-hybridized carbons (Fsp3) is 0.269. The van der Waals surface area contributed by atoms with Crippen molar-refractivity contribution < 1.29 is 27.4 Å². The predicted octanol–water partition coefficient (Wildman–Crippen LogP) is 4.53. The number of hydrogen-bond donors (Lipinski definition) is 1. The Labute approximate surface area is 206 Å². The molecule has 0 bridgehead atoms. The molecule has 3 aromatic carbocycles. The highest BCUT2D eigenvalue weighted by Crippen LogP contribution is 2.30. The molecular formula is C26H30N2O6S. The zero-order valence-electron chi connectivity index (χ0n) is 20.4. The number of benzene rings is 3. The van der Waals surface area contributed by atoms with E-state index in [2.05, 4.69) is 5.32 Å². The summed E-state index contributed by atoms with van der Waals surface area (Å²) in [4.78, 5) is 13.1. The fourth-order valence-electron chi connectivity index (χ4n) is 3.63. The molecule has 0 radical (unpaired) electrons. The van der Waals surface area contributed by atoms with Gasteiger partial charge in [0, 0.05) is 0 Å². The van der Waals surface area contributed by atoms with Gasteiger partial charge in [0.15, 0.2) is 11.5 Å². The number of amides is 1. The Morgan fingerprint density at radius 2 is 1.46 bits per heavy atom. The third kappa shape index (κ3) is 6.45. The second kappa shape index (κ2) is 11.1. The first-order valence-corrected chi connectivity index (χ1v) is 12.8.